The number of aliphatic hydroxyl groups excluding tert-OH is 1. The molecule has 0 aromatic carbocycles. The van der Waals surface area contributed by atoms with Gasteiger partial charge in [-0.05, 0) is 99.2 Å². The second-order valence-corrected chi connectivity index (χ2v) is 9.39. The van der Waals surface area contributed by atoms with Gasteiger partial charge >= 0.3 is 0 Å². The van der Waals surface area contributed by atoms with Gasteiger partial charge < -0.3 is 5.11 Å². The molecule has 1 heteroatoms. The molecule has 0 saturated heterocycles. The molecule has 0 heterocycles. The zero-order valence-electron chi connectivity index (χ0n) is 14.8. The monoisotopic (exact) mass is 303 g/mol. The zero-order chi connectivity index (χ0) is 15.5. The number of hydrogen-bond donors (Lipinski definition) is 1. The predicted molar refractivity (Wildman–Crippen MR) is 91.5 cm³/mol. The van der Waals surface area contributed by atoms with Crippen molar-refractivity contribution in [1.82, 2.24) is 0 Å². The molecule has 0 spiro atoms. The molecule has 22 heavy (non-hydrogen) atoms. The largest absolute Gasteiger partial charge is 0.393 e. The van der Waals surface area contributed by atoms with Crippen LogP contribution in [-0.2, 0) is 0 Å². The van der Waals surface area contributed by atoms with E-state index >= 15 is 0 Å². The van der Waals surface area contributed by atoms with E-state index in [0.29, 0.717) is 10.8 Å². The fraction of sp³-hybridized carbons (Fsp3) is 0.905. The first-order valence-corrected chi connectivity index (χ1v) is 9.83. The van der Waals surface area contributed by atoms with Crippen LogP contribution in [0.4, 0.5) is 0 Å². The highest BCUT2D eigenvalue weighted by Crippen LogP contribution is 2.67. The third-order valence-electron chi connectivity index (χ3n) is 8.83. The highest BCUT2D eigenvalue weighted by molar-refractivity contribution is 5.23. The molecule has 7 atom stereocenters. The molecule has 124 valence electrons. The van der Waals surface area contributed by atoms with E-state index in [0.717, 1.165) is 36.5 Å². The maximum absolute atomic E-state index is 10.1. The molecule has 4 saturated carbocycles. The molecule has 0 aliphatic heterocycles. The van der Waals surface area contributed by atoms with Gasteiger partial charge in [0.05, 0.1) is 6.10 Å². The Morgan fingerprint density at radius 3 is 2.59 bits per heavy atom. The van der Waals surface area contributed by atoms with E-state index in [4.69, 9.17) is 0 Å². The van der Waals surface area contributed by atoms with Crippen molar-refractivity contribution in [2.24, 2.45) is 34.5 Å². The Bertz CT molecular complexity index is 480. The normalized spacial score (nSPS) is 56.4. The van der Waals surface area contributed by atoms with Crippen LogP contribution >= 0.6 is 0 Å². The van der Waals surface area contributed by atoms with Gasteiger partial charge in [0.25, 0.3) is 0 Å². The van der Waals surface area contributed by atoms with E-state index < -0.39 is 0 Å². The number of fused-ring (bicyclic) bond motifs is 5. The highest BCUT2D eigenvalue weighted by Gasteiger charge is 2.58. The van der Waals surface area contributed by atoms with Gasteiger partial charge in [-0.1, -0.05) is 25.5 Å². The second kappa shape index (κ2) is 5.10. The van der Waals surface area contributed by atoms with E-state index in [-0.39, 0.29) is 6.10 Å². The minimum atomic E-state index is -0.00964. The Morgan fingerprint density at radius 2 is 1.82 bits per heavy atom. The maximum atomic E-state index is 10.1. The van der Waals surface area contributed by atoms with Gasteiger partial charge in [0, 0.05) is 0 Å². The van der Waals surface area contributed by atoms with Crippen LogP contribution in [0.2, 0.25) is 0 Å². The summed E-state index contributed by atoms with van der Waals surface area (Å²) in [5, 5.41) is 10.1. The van der Waals surface area contributed by atoms with Crippen molar-refractivity contribution < 1.29 is 5.11 Å². The molecule has 1 nitrogen and oxygen atoms in total. The summed E-state index contributed by atoms with van der Waals surface area (Å²) < 4.78 is 0. The molecule has 4 fully saturated rings. The van der Waals surface area contributed by atoms with Crippen LogP contribution in [0.5, 0.6) is 0 Å². The average molecular weight is 303 g/mol. The number of hydrogen-bond acceptors (Lipinski definition) is 1. The lowest BCUT2D eigenvalue weighted by Gasteiger charge is -2.60. The minimum Gasteiger partial charge on any atom is -0.393 e. The Hall–Kier alpha value is -0.300. The van der Waals surface area contributed by atoms with Crippen molar-refractivity contribution in [3.05, 3.63) is 11.6 Å². The quantitative estimate of drug-likeness (QED) is 0.473. The van der Waals surface area contributed by atoms with Gasteiger partial charge in [0.1, 0.15) is 0 Å². The number of rotatable bonds is 0. The molecule has 4 aliphatic rings. The first-order chi connectivity index (χ1) is 10.5. The smallest absolute Gasteiger partial charge is 0.0543 e. The van der Waals surface area contributed by atoms with E-state index in [1.54, 1.807) is 5.57 Å². The summed E-state index contributed by atoms with van der Waals surface area (Å²) in [6.45, 7) is 7.43. The fourth-order valence-electron chi connectivity index (χ4n) is 7.56. The molecule has 0 aromatic rings. The van der Waals surface area contributed by atoms with Crippen molar-refractivity contribution in [3.8, 4) is 0 Å². The highest BCUT2D eigenvalue weighted by atomic mass is 16.3. The van der Waals surface area contributed by atoms with Crippen molar-refractivity contribution in [1.29, 1.82) is 0 Å². The Labute approximate surface area is 136 Å². The van der Waals surface area contributed by atoms with Crippen LogP contribution in [0.3, 0.4) is 0 Å². The molecule has 4 rings (SSSR count). The van der Waals surface area contributed by atoms with Crippen LogP contribution in [0, 0.1) is 34.5 Å². The van der Waals surface area contributed by atoms with Crippen LogP contribution in [0.25, 0.3) is 0 Å². The molecule has 0 unspecified atom stereocenters. The van der Waals surface area contributed by atoms with Crippen molar-refractivity contribution in [3.63, 3.8) is 0 Å². The molecule has 1 N–H and O–H groups in total. The SMILES string of the molecule is C/[13CH]=C1/CC[C@H]2[C@@H]3CC[C@@H]4C[C@H](O)CC[C@]4(C)[C@H]3CC[C@]12C. The van der Waals surface area contributed by atoms with E-state index in [1.807, 2.05) is 0 Å². The minimum absolute atomic E-state index is 0.00964. The molecule has 0 bridgehead atoms. The van der Waals surface area contributed by atoms with E-state index in [2.05, 4.69) is 26.8 Å². The third-order valence-corrected chi connectivity index (χ3v) is 8.83. The van der Waals surface area contributed by atoms with Gasteiger partial charge in [0.2, 0.25) is 0 Å². The van der Waals surface area contributed by atoms with Crippen LogP contribution < -0.4 is 0 Å². The molecule has 0 radical (unpaired) electrons. The van der Waals surface area contributed by atoms with E-state index in [1.165, 1.54) is 44.9 Å². The van der Waals surface area contributed by atoms with Gasteiger partial charge in [-0.25, -0.2) is 0 Å². The Morgan fingerprint density at radius 1 is 1.00 bits per heavy atom. The van der Waals surface area contributed by atoms with Crippen LogP contribution in [-0.4, -0.2) is 11.2 Å². The summed E-state index contributed by atoms with van der Waals surface area (Å²) in [6.07, 6.45) is 14.3. The molecular weight excluding hydrogens is 269 g/mol. The van der Waals surface area contributed by atoms with Gasteiger partial charge in [-0.15, -0.1) is 0 Å². The molecule has 4 aliphatic carbocycles. The van der Waals surface area contributed by atoms with Gasteiger partial charge in [-0.2, -0.15) is 0 Å². The lowest BCUT2D eigenvalue weighted by atomic mass is 9.45. The van der Waals surface area contributed by atoms with Crippen molar-refractivity contribution in [2.45, 2.75) is 84.7 Å². The maximum Gasteiger partial charge on any atom is 0.0543 e. The average Bonchev–Trinajstić information content (AvgIpc) is 2.84. The van der Waals surface area contributed by atoms with Crippen LogP contribution in [0.15, 0.2) is 11.6 Å². The zero-order valence-corrected chi connectivity index (χ0v) is 14.8. The summed E-state index contributed by atoms with van der Waals surface area (Å²) in [5.74, 6) is 3.65. The van der Waals surface area contributed by atoms with Crippen molar-refractivity contribution >= 4 is 0 Å². The number of allylic oxidation sites excluding steroid dienone is 2. The Balaban J connectivity index is 1.63. The van der Waals surface area contributed by atoms with E-state index in [9.17, 15) is 5.11 Å². The fourth-order valence-corrected chi connectivity index (χ4v) is 7.56. The summed E-state index contributed by atoms with van der Waals surface area (Å²) in [4.78, 5) is 0. The summed E-state index contributed by atoms with van der Waals surface area (Å²) in [5.41, 5.74) is 2.82. The van der Waals surface area contributed by atoms with Gasteiger partial charge in [-0.3, -0.25) is 0 Å². The molecular formula is C21H34O. The first-order valence-electron chi connectivity index (χ1n) is 9.83. The standard InChI is InChI=1S/C21H34O/c1-4-14-6-8-18-17-7-5-15-13-16(22)9-11-21(15,3)19(17)10-12-20(14,18)2/h4,15-19,22H,5-13H2,1-3H3/b14-4-/t15-,16-,17+,18+,19+,20-,21+/m1/s1/i4+1. The van der Waals surface area contributed by atoms with Crippen molar-refractivity contribution in [2.75, 3.05) is 0 Å². The first kappa shape index (κ1) is 15.2. The molecule has 0 aromatic heterocycles. The summed E-state index contributed by atoms with van der Waals surface area (Å²) in [7, 11) is 0. The topological polar surface area (TPSA) is 20.2 Å². The Kier molecular flexibility index (Phi) is 3.53. The summed E-state index contributed by atoms with van der Waals surface area (Å²) >= 11 is 0. The lowest BCUT2D eigenvalue weighted by Crippen LogP contribution is -2.53. The molecule has 0 amide bonds. The second-order valence-electron chi connectivity index (χ2n) is 9.39. The predicted octanol–water partition coefficient (Wildman–Crippen LogP) is 5.34. The number of aliphatic hydroxyl groups is 1. The summed E-state index contributed by atoms with van der Waals surface area (Å²) in [6, 6.07) is 0. The third kappa shape index (κ3) is 1.93. The van der Waals surface area contributed by atoms with Crippen LogP contribution in [0.1, 0.15) is 78.6 Å². The lowest BCUT2D eigenvalue weighted by molar-refractivity contribution is -0.116. The van der Waals surface area contributed by atoms with Gasteiger partial charge in [0.15, 0.2) is 0 Å².